The first kappa shape index (κ1) is 16.7. The van der Waals surface area contributed by atoms with Gasteiger partial charge in [-0.25, -0.2) is 0 Å². The van der Waals surface area contributed by atoms with Gasteiger partial charge in [0, 0.05) is 35.0 Å². The molecule has 0 heterocycles. The molecule has 0 unspecified atom stereocenters. The number of methoxy groups -OCH3 is 1. The molecule has 2 aromatic rings. The quantitative estimate of drug-likeness (QED) is 0.725. The van der Waals surface area contributed by atoms with Crippen LogP contribution < -0.4 is 5.32 Å². The largest absolute Gasteiger partial charge is 0.383 e. The molecule has 0 amide bonds. The fourth-order valence-corrected chi connectivity index (χ4v) is 3.04. The molecular formula is C16H17Cl2NOS. The highest BCUT2D eigenvalue weighted by molar-refractivity contribution is 7.99. The Labute approximate surface area is 139 Å². The van der Waals surface area contributed by atoms with Gasteiger partial charge in [-0.05, 0) is 42.0 Å². The second-order valence-electron chi connectivity index (χ2n) is 4.49. The van der Waals surface area contributed by atoms with Gasteiger partial charge in [-0.15, -0.1) is 0 Å². The van der Waals surface area contributed by atoms with Crippen LogP contribution in [-0.4, -0.2) is 20.3 Å². The van der Waals surface area contributed by atoms with Gasteiger partial charge >= 0.3 is 0 Å². The summed E-state index contributed by atoms with van der Waals surface area (Å²) in [6.07, 6.45) is 0. The molecular weight excluding hydrogens is 325 g/mol. The third-order valence-electron chi connectivity index (χ3n) is 2.85. The molecule has 0 fully saturated rings. The van der Waals surface area contributed by atoms with E-state index in [1.54, 1.807) is 18.9 Å². The number of hydrogen-bond acceptors (Lipinski definition) is 3. The van der Waals surface area contributed by atoms with Crippen molar-refractivity contribution in [3.8, 4) is 0 Å². The van der Waals surface area contributed by atoms with Gasteiger partial charge in [-0.2, -0.15) is 0 Å². The fraction of sp³-hybridized carbons (Fsp3) is 0.250. The van der Waals surface area contributed by atoms with E-state index in [0.29, 0.717) is 6.61 Å². The monoisotopic (exact) mass is 341 g/mol. The summed E-state index contributed by atoms with van der Waals surface area (Å²) in [7, 11) is 1.70. The van der Waals surface area contributed by atoms with E-state index in [2.05, 4.69) is 17.4 Å². The number of rotatable bonds is 7. The lowest BCUT2D eigenvalue weighted by Gasteiger charge is -2.08. The zero-order chi connectivity index (χ0) is 15.1. The molecule has 2 rings (SSSR count). The average molecular weight is 342 g/mol. The lowest BCUT2D eigenvalue weighted by molar-refractivity contribution is 0.199. The van der Waals surface area contributed by atoms with E-state index in [-0.39, 0.29) is 0 Å². The molecule has 0 aliphatic rings. The van der Waals surface area contributed by atoms with Crippen LogP contribution in [0.15, 0.2) is 52.3 Å². The fourth-order valence-electron chi connectivity index (χ4n) is 1.77. The van der Waals surface area contributed by atoms with Gasteiger partial charge in [0.15, 0.2) is 0 Å². The van der Waals surface area contributed by atoms with Crippen molar-refractivity contribution < 1.29 is 4.74 Å². The van der Waals surface area contributed by atoms with Crippen molar-refractivity contribution in [2.24, 2.45) is 0 Å². The Balaban J connectivity index is 1.97. The van der Waals surface area contributed by atoms with E-state index in [0.717, 1.165) is 38.5 Å². The summed E-state index contributed by atoms with van der Waals surface area (Å²) >= 11 is 13.9. The highest BCUT2D eigenvalue weighted by Gasteiger charge is 2.04. The highest BCUT2D eigenvalue weighted by atomic mass is 35.5. The molecule has 112 valence electrons. The third kappa shape index (κ3) is 5.53. The van der Waals surface area contributed by atoms with Crippen LogP contribution in [0.2, 0.25) is 10.0 Å². The lowest BCUT2D eigenvalue weighted by atomic mass is 10.2. The summed E-state index contributed by atoms with van der Waals surface area (Å²) in [6, 6.07) is 13.9. The van der Waals surface area contributed by atoms with Gasteiger partial charge in [-0.3, -0.25) is 0 Å². The lowest BCUT2D eigenvalue weighted by Crippen LogP contribution is -2.18. The van der Waals surface area contributed by atoms with Crippen molar-refractivity contribution in [3.63, 3.8) is 0 Å². The van der Waals surface area contributed by atoms with Crippen molar-refractivity contribution in [3.05, 3.63) is 58.1 Å². The van der Waals surface area contributed by atoms with Gasteiger partial charge in [0.2, 0.25) is 0 Å². The van der Waals surface area contributed by atoms with Gasteiger partial charge in [0.05, 0.1) is 11.6 Å². The molecule has 0 saturated carbocycles. The van der Waals surface area contributed by atoms with Crippen LogP contribution in [0.4, 0.5) is 0 Å². The number of halogens is 2. The average Bonchev–Trinajstić information content (AvgIpc) is 2.48. The van der Waals surface area contributed by atoms with Crippen LogP contribution >= 0.6 is 35.0 Å². The molecule has 0 bridgehead atoms. The van der Waals surface area contributed by atoms with E-state index in [9.17, 15) is 0 Å². The van der Waals surface area contributed by atoms with Gasteiger partial charge < -0.3 is 10.1 Å². The SMILES string of the molecule is COCCNCc1ccc(Sc2ccc(Cl)cc2)c(Cl)c1. The number of nitrogens with one attached hydrogen (secondary N) is 1. The predicted octanol–water partition coefficient (Wildman–Crippen LogP) is 4.88. The number of ether oxygens (including phenoxy) is 1. The first-order valence-electron chi connectivity index (χ1n) is 6.60. The van der Waals surface area contributed by atoms with E-state index >= 15 is 0 Å². The first-order valence-corrected chi connectivity index (χ1v) is 8.18. The molecule has 0 aliphatic heterocycles. The van der Waals surface area contributed by atoms with Crippen molar-refractivity contribution in [1.29, 1.82) is 0 Å². The smallest absolute Gasteiger partial charge is 0.0587 e. The number of benzene rings is 2. The zero-order valence-electron chi connectivity index (χ0n) is 11.7. The highest BCUT2D eigenvalue weighted by Crippen LogP contribution is 2.34. The number of hydrogen-bond donors (Lipinski definition) is 1. The van der Waals surface area contributed by atoms with Crippen molar-refractivity contribution in [2.75, 3.05) is 20.3 Å². The van der Waals surface area contributed by atoms with Crippen molar-refractivity contribution >= 4 is 35.0 Å². The normalized spacial score (nSPS) is 10.8. The summed E-state index contributed by atoms with van der Waals surface area (Å²) < 4.78 is 5.00. The molecule has 0 atom stereocenters. The van der Waals surface area contributed by atoms with Crippen LogP contribution in [0.5, 0.6) is 0 Å². The minimum atomic E-state index is 0.707. The minimum Gasteiger partial charge on any atom is -0.383 e. The molecule has 0 aromatic heterocycles. The molecule has 0 aliphatic carbocycles. The summed E-state index contributed by atoms with van der Waals surface area (Å²) in [6.45, 7) is 2.32. The van der Waals surface area contributed by atoms with Crippen LogP contribution in [0.3, 0.4) is 0 Å². The molecule has 2 nitrogen and oxygen atoms in total. The maximum atomic E-state index is 6.35. The minimum absolute atomic E-state index is 0.707. The topological polar surface area (TPSA) is 21.3 Å². The van der Waals surface area contributed by atoms with Crippen molar-refractivity contribution in [1.82, 2.24) is 5.32 Å². The van der Waals surface area contributed by atoms with E-state index in [1.165, 1.54) is 0 Å². The second kappa shape index (κ2) is 8.66. The second-order valence-corrected chi connectivity index (χ2v) is 6.45. The van der Waals surface area contributed by atoms with Crippen LogP contribution in [0.25, 0.3) is 0 Å². The Morgan fingerprint density at radius 3 is 2.52 bits per heavy atom. The maximum Gasteiger partial charge on any atom is 0.0587 e. The molecule has 1 N–H and O–H groups in total. The van der Waals surface area contributed by atoms with Gasteiger partial charge in [-0.1, -0.05) is 41.0 Å². The summed E-state index contributed by atoms with van der Waals surface area (Å²) in [5, 5.41) is 4.80. The third-order valence-corrected chi connectivity index (χ3v) is 4.61. The first-order chi connectivity index (χ1) is 10.2. The Morgan fingerprint density at radius 1 is 1.10 bits per heavy atom. The van der Waals surface area contributed by atoms with Crippen molar-refractivity contribution in [2.45, 2.75) is 16.3 Å². The Morgan fingerprint density at radius 2 is 1.86 bits per heavy atom. The Hall–Kier alpha value is -0.710. The molecule has 21 heavy (non-hydrogen) atoms. The maximum absolute atomic E-state index is 6.35. The molecule has 5 heteroatoms. The Bertz CT molecular complexity index is 575. The van der Waals surface area contributed by atoms with Crippen LogP contribution in [0, 0.1) is 0 Å². The van der Waals surface area contributed by atoms with E-state index in [4.69, 9.17) is 27.9 Å². The molecule has 0 radical (unpaired) electrons. The van der Waals surface area contributed by atoms with Gasteiger partial charge in [0.1, 0.15) is 0 Å². The zero-order valence-corrected chi connectivity index (χ0v) is 14.1. The van der Waals surface area contributed by atoms with E-state index in [1.807, 2.05) is 30.3 Å². The summed E-state index contributed by atoms with van der Waals surface area (Å²) in [4.78, 5) is 2.16. The van der Waals surface area contributed by atoms with Crippen LogP contribution in [0.1, 0.15) is 5.56 Å². The Kier molecular flexibility index (Phi) is 6.87. The standard InChI is InChI=1S/C16H17Cl2NOS/c1-20-9-8-19-11-12-2-7-16(15(18)10-12)21-14-5-3-13(17)4-6-14/h2-7,10,19H,8-9,11H2,1H3. The molecule has 0 spiro atoms. The van der Waals surface area contributed by atoms with Crippen LogP contribution in [-0.2, 0) is 11.3 Å². The molecule has 0 saturated heterocycles. The summed E-state index contributed by atoms with van der Waals surface area (Å²) in [5.41, 5.74) is 1.16. The predicted molar refractivity (Wildman–Crippen MR) is 90.6 cm³/mol. The van der Waals surface area contributed by atoms with E-state index < -0.39 is 0 Å². The molecule has 2 aromatic carbocycles. The van der Waals surface area contributed by atoms with Gasteiger partial charge in [0.25, 0.3) is 0 Å². The summed E-state index contributed by atoms with van der Waals surface area (Å²) in [5.74, 6) is 0.